The third kappa shape index (κ3) is 3.04. The van der Waals surface area contributed by atoms with Crippen LogP contribution in [0.3, 0.4) is 0 Å². The van der Waals surface area contributed by atoms with E-state index in [1.54, 1.807) is 6.33 Å². The molecule has 7 heteroatoms. The van der Waals surface area contributed by atoms with Gasteiger partial charge >= 0.3 is 0 Å². The molecule has 1 atom stereocenters. The molecule has 7 nitrogen and oxygen atoms in total. The highest BCUT2D eigenvalue weighted by Gasteiger charge is 2.36. The lowest BCUT2D eigenvalue weighted by atomic mass is 10.0. The minimum absolute atomic E-state index is 0.376. The van der Waals surface area contributed by atoms with E-state index in [0.29, 0.717) is 26.3 Å². The third-order valence-electron chi connectivity index (χ3n) is 4.71. The van der Waals surface area contributed by atoms with Crippen LogP contribution < -0.4 is 4.90 Å². The number of aromatic amines is 1. The highest BCUT2D eigenvalue weighted by atomic mass is 16.5. The zero-order valence-corrected chi connectivity index (χ0v) is 13.2. The molecule has 0 aromatic carbocycles. The summed E-state index contributed by atoms with van der Waals surface area (Å²) in [5, 5.41) is 12.1. The van der Waals surface area contributed by atoms with Gasteiger partial charge in [0, 0.05) is 19.3 Å². The number of fused-ring (bicyclic) bond motifs is 1. The number of anilines is 1. The first-order chi connectivity index (χ1) is 11.2. The molecule has 1 unspecified atom stereocenters. The Labute approximate surface area is 135 Å². The first-order valence-corrected chi connectivity index (χ1v) is 8.29. The number of likely N-dealkylation sites (tertiary alicyclic amines) is 1. The van der Waals surface area contributed by atoms with E-state index in [1.807, 2.05) is 12.3 Å². The van der Waals surface area contributed by atoms with Crippen LogP contribution in [0.15, 0.2) is 18.6 Å². The fourth-order valence-electron chi connectivity index (χ4n) is 3.66. The maximum Gasteiger partial charge on any atom is 0.142 e. The van der Waals surface area contributed by atoms with E-state index in [-0.39, 0.29) is 0 Å². The summed E-state index contributed by atoms with van der Waals surface area (Å²) >= 11 is 0. The molecule has 2 aromatic heterocycles. The number of H-pyrrole nitrogens is 1. The normalized spacial score (nSPS) is 26.7. The van der Waals surface area contributed by atoms with E-state index in [2.05, 4.69) is 24.8 Å². The van der Waals surface area contributed by atoms with Gasteiger partial charge in [0.15, 0.2) is 0 Å². The number of aromatic nitrogens is 3. The number of β-amino-alcohol motifs (C(OH)–C–C–N with tert-alkyl or cyclic N) is 1. The van der Waals surface area contributed by atoms with Crippen molar-refractivity contribution < 1.29 is 9.84 Å². The molecule has 2 aliphatic rings. The van der Waals surface area contributed by atoms with Crippen LogP contribution in [-0.4, -0.2) is 76.5 Å². The number of nitrogens with zero attached hydrogens (tertiary/aromatic N) is 4. The second-order valence-corrected chi connectivity index (χ2v) is 6.62. The molecule has 124 valence electrons. The zero-order valence-electron chi connectivity index (χ0n) is 13.2. The van der Waals surface area contributed by atoms with Crippen LogP contribution >= 0.6 is 0 Å². The maximum atomic E-state index is 11.1. The van der Waals surface area contributed by atoms with Crippen LogP contribution in [0, 0.1) is 0 Å². The minimum atomic E-state index is -0.867. The summed E-state index contributed by atoms with van der Waals surface area (Å²) in [5.74, 6) is 0.863. The van der Waals surface area contributed by atoms with Gasteiger partial charge in [-0.15, -0.1) is 0 Å². The Morgan fingerprint density at radius 3 is 3.00 bits per heavy atom. The molecule has 0 saturated carbocycles. The van der Waals surface area contributed by atoms with Gasteiger partial charge in [0.1, 0.15) is 23.4 Å². The van der Waals surface area contributed by atoms with E-state index >= 15 is 0 Å². The zero-order chi connectivity index (χ0) is 15.7. The lowest BCUT2D eigenvalue weighted by Crippen LogP contribution is -2.52. The lowest BCUT2D eigenvalue weighted by Gasteiger charge is -2.34. The molecule has 4 heterocycles. The Morgan fingerprint density at radius 1 is 1.26 bits per heavy atom. The van der Waals surface area contributed by atoms with E-state index in [0.717, 1.165) is 36.5 Å². The SMILES string of the molecule is OC1(CN2CCCC2)COCCN(c2ncnc3[nH]ccc23)C1. The van der Waals surface area contributed by atoms with Crippen LogP contribution in [0.5, 0.6) is 0 Å². The Balaban J connectivity index is 1.59. The summed E-state index contributed by atoms with van der Waals surface area (Å²) in [6.45, 7) is 5.01. The van der Waals surface area contributed by atoms with Crippen molar-refractivity contribution in [2.75, 3.05) is 50.8 Å². The maximum absolute atomic E-state index is 11.1. The highest BCUT2D eigenvalue weighted by molar-refractivity contribution is 5.87. The van der Waals surface area contributed by atoms with Crippen LogP contribution in [0.1, 0.15) is 12.8 Å². The topological polar surface area (TPSA) is 77.5 Å². The van der Waals surface area contributed by atoms with Crippen molar-refractivity contribution in [3.8, 4) is 0 Å². The highest BCUT2D eigenvalue weighted by Crippen LogP contribution is 2.26. The molecule has 23 heavy (non-hydrogen) atoms. The fourth-order valence-corrected chi connectivity index (χ4v) is 3.66. The largest absolute Gasteiger partial charge is 0.384 e. The third-order valence-corrected chi connectivity index (χ3v) is 4.71. The Bertz CT molecular complexity index is 669. The van der Waals surface area contributed by atoms with Gasteiger partial charge in [-0.25, -0.2) is 9.97 Å². The van der Waals surface area contributed by atoms with Gasteiger partial charge in [0.2, 0.25) is 0 Å². The van der Waals surface area contributed by atoms with Crippen LogP contribution in [0.4, 0.5) is 5.82 Å². The number of ether oxygens (including phenoxy) is 1. The summed E-state index contributed by atoms with van der Waals surface area (Å²) in [5.41, 5.74) is -0.0442. The molecule has 2 fully saturated rings. The molecule has 0 aliphatic carbocycles. The number of nitrogens with one attached hydrogen (secondary N) is 1. The minimum Gasteiger partial charge on any atom is -0.384 e. The van der Waals surface area contributed by atoms with Crippen LogP contribution in [0.25, 0.3) is 11.0 Å². The van der Waals surface area contributed by atoms with Crippen molar-refractivity contribution in [3.05, 3.63) is 18.6 Å². The average molecular weight is 317 g/mol. The van der Waals surface area contributed by atoms with Crippen LogP contribution in [0.2, 0.25) is 0 Å². The first-order valence-electron chi connectivity index (χ1n) is 8.29. The van der Waals surface area contributed by atoms with E-state index in [1.165, 1.54) is 12.8 Å². The molecule has 4 rings (SSSR count). The van der Waals surface area contributed by atoms with Crippen molar-refractivity contribution in [1.82, 2.24) is 19.9 Å². The van der Waals surface area contributed by atoms with Crippen molar-refractivity contribution in [2.24, 2.45) is 0 Å². The Morgan fingerprint density at radius 2 is 2.13 bits per heavy atom. The van der Waals surface area contributed by atoms with Gasteiger partial charge in [0.05, 0.1) is 25.1 Å². The molecular formula is C16H23N5O2. The quantitative estimate of drug-likeness (QED) is 0.864. The van der Waals surface area contributed by atoms with Gasteiger partial charge in [0.25, 0.3) is 0 Å². The summed E-state index contributed by atoms with van der Waals surface area (Å²) in [4.78, 5) is 16.3. The smallest absolute Gasteiger partial charge is 0.142 e. The predicted molar refractivity (Wildman–Crippen MR) is 87.5 cm³/mol. The summed E-state index contributed by atoms with van der Waals surface area (Å²) in [7, 11) is 0. The van der Waals surface area contributed by atoms with Crippen molar-refractivity contribution in [2.45, 2.75) is 18.4 Å². The van der Waals surface area contributed by atoms with Crippen LogP contribution in [-0.2, 0) is 4.74 Å². The lowest BCUT2D eigenvalue weighted by molar-refractivity contribution is -0.0439. The van der Waals surface area contributed by atoms with Crippen molar-refractivity contribution >= 4 is 16.9 Å². The second kappa shape index (κ2) is 6.07. The molecule has 0 amide bonds. The summed E-state index contributed by atoms with van der Waals surface area (Å²) in [6.07, 6.45) is 5.88. The van der Waals surface area contributed by atoms with E-state index < -0.39 is 5.60 Å². The van der Waals surface area contributed by atoms with Crippen molar-refractivity contribution in [3.63, 3.8) is 0 Å². The first kappa shape index (κ1) is 14.9. The molecule has 0 bridgehead atoms. The Kier molecular flexibility index (Phi) is 3.92. The number of aliphatic hydroxyl groups is 1. The molecular weight excluding hydrogens is 294 g/mol. The molecule has 2 N–H and O–H groups in total. The molecule has 2 saturated heterocycles. The summed E-state index contributed by atoms with van der Waals surface area (Å²) in [6, 6.07) is 1.98. The van der Waals surface area contributed by atoms with Gasteiger partial charge in [-0.1, -0.05) is 0 Å². The number of hydrogen-bond donors (Lipinski definition) is 2. The summed E-state index contributed by atoms with van der Waals surface area (Å²) < 4.78 is 5.70. The Hall–Kier alpha value is -1.70. The van der Waals surface area contributed by atoms with Gasteiger partial charge in [-0.2, -0.15) is 0 Å². The van der Waals surface area contributed by atoms with Crippen molar-refractivity contribution in [1.29, 1.82) is 0 Å². The molecule has 2 aliphatic heterocycles. The number of rotatable bonds is 3. The van der Waals surface area contributed by atoms with Gasteiger partial charge in [-0.05, 0) is 32.0 Å². The monoisotopic (exact) mass is 317 g/mol. The molecule has 0 spiro atoms. The number of hydrogen-bond acceptors (Lipinski definition) is 6. The van der Waals surface area contributed by atoms with Gasteiger partial charge < -0.3 is 24.6 Å². The molecule has 0 radical (unpaired) electrons. The van der Waals surface area contributed by atoms with E-state index in [4.69, 9.17) is 4.74 Å². The van der Waals surface area contributed by atoms with Gasteiger partial charge in [-0.3, -0.25) is 0 Å². The fraction of sp³-hybridized carbons (Fsp3) is 0.625. The molecule has 2 aromatic rings. The second-order valence-electron chi connectivity index (χ2n) is 6.62. The standard InChI is InChI=1S/C16H23N5O2/c22-16(9-20-5-1-2-6-20)10-21(7-8-23-11-16)15-13-3-4-17-14(13)18-12-19-15/h3-4,12,22H,1-2,5-11H2,(H,17,18,19). The van der Waals surface area contributed by atoms with E-state index in [9.17, 15) is 5.11 Å². The predicted octanol–water partition coefficient (Wildman–Crippen LogP) is 0.621. The average Bonchev–Trinajstić information content (AvgIpc) is 3.17.